The number of carbonyl (C=O) groups excluding carboxylic acids is 1. The first kappa shape index (κ1) is 15.8. The van der Waals surface area contributed by atoms with Crippen LogP contribution in [0.3, 0.4) is 0 Å². The van der Waals surface area contributed by atoms with Gasteiger partial charge in [0.05, 0.1) is 6.10 Å². The molecule has 116 valence electrons. The molecule has 2 unspecified atom stereocenters. The van der Waals surface area contributed by atoms with Gasteiger partial charge in [-0.1, -0.05) is 39.5 Å². The predicted molar refractivity (Wildman–Crippen MR) is 81.3 cm³/mol. The first-order chi connectivity index (χ1) is 9.53. The SMILES string of the molecule is CC(C)CC1(C(=O)NCC2CCCCC2O)CCCC1. The molecule has 20 heavy (non-hydrogen) atoms. The number of aliphatic hydroxyl groups excluding tert-OH is 1. The van der Waals surface area contributed by atoms with Crippen molar-refractivity contribution in [3.8, 4) is 0 Å². The van der Waals surface area contributed by atoms with Crippen LogP contribution in [-0.4, -0.2) is 23.7 Å². The Morgan fingerprint density at radius 3 is 2.45 bits per heavy atom. The van der Waals surface area contributed by atoms with Crippen LogP contribution in [0.4, 0.5) is 0 Å². The molecule has 0 radical (unpaired) electrons. The van der Waals surface area contributed by atoms with Crippen LogP contribution in [0, 0.1) is 17.3 Å². The molecule has 0 aromatic carbocycles. The topological polar surface area (TPSA) is 49.3 Å². The Bertz CT molecular complexity index is 321. The molecule has 3 heteroatoms. The molecule has 0 aliphatic heterocycles. The van der Waals surface area contributed by atoms with E-state index in [0.717, 1.165) is 38.5 Å². The highest BCUT2D eigenvalue weighted by Crippen LogP contribution is 2.43. The van der Waals surface area contributed by atoms with Gasteiger partial charge in [0.1, 0.15) is 0 Å². The molecule has 3 nitrogen and oxygen atoms in total. The van der Waals surface area contributed by atoms with E-state index in [1.54, 1.807) is 0 Å². The van der Waals surface area contributed by atoms with Crippen LogP contribution in [0.25, 0.3) is 0 Å². The van der Waals surface area contributed by atoms with E-state index in [1.165, 1.54) is 19.3 Å². The lowest BCUT2D eigenvalue weighted by Gasteiger charge is -2.32. The molecule has 2 N–H and O–H groups in total. The molecule has 1 amide bonds. The van der Waals surface area contributed by atoms with Crippen LogP contribution in [0.15, 0.2) is 0 Å². The van der Waals surface area contributed by atoms with Gasteiger partial charge in [-0.05, 0) is 38.0 Å². The lowest BCUT2D eigenvalue weighted by atomic mass is 9.77. The Kier molecular flexibility index (Phi) is 5.48. The lowest BCUT2D eigenvalue weighted by Crippen LogP contribution is -2.44. The molecule has 2 aliphatic rings. The summed E-state index contributed by atoms with van der Waals surface area (Å²) in [5.74, 6) is 1.09. The summed E-state index contributed by atoms with van der Waals surface area (Å²) in [5, 5.41) is 13.2. The quantitative estimate of drug-likeness (QED) is 0.812. The van der Waals surface area contributed by atoms with Crippen molar-refractivity contribution in [2.24, 2.45) is 17.3 Å². The highest BCUT2D eigenvalue weighted by molar-refractivity contribution is 5.82. The summed E-state index contributed by atoms with van der Waals surface area (Å²) in [5.41, 5.74) is -0.117. The summed E-state index contributed by atoms with van der Waals surface area (Å²) < 4.78 is 0. The second kappa shape index (κ2) is 6.93. The van der Waals surface area contributed by atoms with E-state index in [1.807, 2.05) is 0 Å². The minimum atomic E-state index is -0.214. The van der Waals surface area contributed by atoms with Gasteiger partial charge in [-0.15, -0.1) is 0 Å². The van der Waals surface area contributed by atoms with E-state index in [-0.39, 0.29) is 23.3 Å². The largest absolute Gasteiger partial charge is 0.393 e. The van der Waals surface area contributed by atoms with Gasteiger partial charge in [-0.25, -0.2) is 0 Å². The average molecular weight is 281 g/mol. The molecule has 0 spiro atoms. The monoisotopic (exact) mass is 281 g/mol. The van der Waals surface area contributed by atoms with Crippen molar-refractivity contribution in [3.05, 3.63) is 0 Å². The first-order valence-electron chi connectivity index (χ1n) is 8.50. The van der Waals surface area contributed by atoms with Crippen molar-refractivity contribution in [1.29, 1.82) is 0 Å². The van der Waals surface area contributed by atoms with Gasteiger partial charge < -0.3 is 10.4 Å². The fraction of sp³-hybridized carbons (Fsp3) is 0.941. The normalized spacial score (nSPS) is 29.6. The number of rotatable bonds is 5. The number of hydrogen-bond donors (Lipinski definition) is 2. The molecule has 0 aromatic rings. The maximum Gasteiger partial charge on any atom is 0.226 e. The summed E-state index contributed by atoms with van der Waals surface area (Å²) in [6.07, 6.45) is 9.53. The molecule has 0 heterocycles. The number of aliphatic hydroxyl groups is 1. The fourth-order valence-electron chi connectivity index (χ4n) is 4.19. The van der Waals surface area contributed by atoms with Crippen molar-refractivity contribution < 1.29 is 9.90 Å². The van der Waals surface area contributed by atoms with E-state index in [2.05, 4.69) is 19.2 Å². The molecular weight excluding hydrogens is 250 g/mol. The summed E-state index contributed by atoms with van der Waals surface area (Å²) >= 11 is 0. The second-order valence-corrected chi connectivity index (χ2v) is 7.41. The van der Waals surface area contributed by atoms with Crippen LogP contribution in [0.2, 0.25) is 0 Å². The van der Waals surface area contributed by atoms with Crippen LogP contribution >= 0.6 is 0 Å². The first-order valence-corrected chi connectivity index (χ1v) is 8.50. The average Bonchev–Trinajstić information content (AvgIpc) is 2.86. The summed E-state index contributed by atoms with van der Waals surface area (Å²) in [6.45, 7) is 5.08. The van der Waals surface area contributed by atoms with Crippen molar-refractivity contribution in [2.75, 3.05) is 6.54 Å². The third-order valence-corrected chi connectivity index (χ3v) is 5.24. The molecule has 0 saturated heterocycles. The predicted octanol–water partition coefficient (Wildman–Crippen LogP) is 3.26. The zero-order valence-electron chi connectivity index (χ0n) is 13.2. The molecular formula is C17H31NO2. The number of nitrogens with one attached hydrogen (secondary N) is 1. The van der Waals surface area contributed by atoms with Gasteiger partial charge in [0, 0.05) is 17.9 Å². The molecule has 2 rings (SSSR count). The highest BCUT2D eigenvalue weighted by atomic mass is 16.3. The molecule has 0 aromatic heterocycles. The van der Waals surface area contributed by atoms with E-state index in [0.29, 0.717) is 12.5 Å². The standard InChI is InChI=1S/C17H31NO2/c1-13(2)11-17(9-5-6-10-17)16(20)18-12-14-7-3-4-8-15(14)19/h13-15,19H,3-12H2,1-2H3,(H,18,20). The third kappa shape index (κ3) is 3.75. The Morgan fingerprint density at radius 2 is 1.85 bits per heavy atom. The Hall–Kier alpha value is -0.570. The molecule has 0 bridgehead atoms. The van der Waals surface area contributed by atoms with E-state index >= 15 is 0 Å². The Balaban J connectivity index is 1.88. The van der Waals surface area contributed by atoms with E-state index in [4.69, 9.17) is 0 Å². The van der Waals surface area contributed by atoms with E-state index in [9.17, 15) is 9.90 Å². The van der Waals surface area contributed by atoms with Crippen molar-refractivity contribution in [1.82, 2.24) is 5.32 Å². The fourth-order valence-corrected chi connectivity index (χ4v) is 4.19. The van der Waals surface area contributed by atoms with Crippen LogP contribution in [-0.2, 0) is 4.79 Å². The van der Waals surface area contributed by atoms with Crippen molar-refractivity contribution in [3.63, 3.8) is 0 Å². The number of carbonyl (C=O) groups is 1. The summed E-state index contributed by atoms with van der Waals surface area (Å²) in [7, 11) is 0. The zero-order chi connectivity index (χ0) is 14.6. The molecule has 2 atom stereocenters. The van der Waals surface area contributed by atoms with Gasteiger partial charge >= 0.3 is 0 Å². The smallest absolute Gasteiger partial charge is 0.226 e. The van der Waals surface area contributed by atoms with Gasteiger partial charge in [0.2, 0.25) is 5.91 Å². The lowest BCUT2D eigenvalue weighted by molar-refractivity contribution is -0.132. The Labute approximate surface area is 123 Å². The molecule has 2 aliphatic carbocycles. The summed E-state index contributed by atoms with van der Waals surface area (Å²) in [6, 6.07) is 0. The van der Waals surface area contributed by atoms with Crippen molar-refractivity contribution >= 4 is 5.91 Å². The maximum atomic E-state index is 12.7. The Morgan fingerprint density at radius 1 is 1.20 bits per heavy atom. The minimum Gasteiger partial charge on any atom is -0.393 e. The van der Waals surface area contributed by atoms with Gasteiger partial charge in [-0.2, -0.15) is 0 Å². The van der Waals surface area contributed by atoms with Crippen LogP contribution in [0.1, 0.15) is 71.6 Å². The van der Waals surface area contributed by atoms with Gasteiger partial charge in [-0.3, -0.25) is 4.79 Å². The summed E-state index contributed by atoms with van der Waals surface area (Å²) in [4.78, 5) is 12.7. The van der Waals surface area contributed by atoms with Gasteiger partial charge in [0.25, 0.3) is 0 Å². The van der Waals surface area contributed by atoms with Gasteiger partial charge in [0.15, 0.2) is 0 Å². The van der Waals surface area contributed by atoms with Crippen LogP contribution in [0.5, 0.6) is 0 Å². The maximum absolute atomic E-state index is 12.7. The van der Waals surface area contributed by atoms with Crippen molar-refractivity contribution in [2.45, 2.75) is 77.7 Å². The highest BCUT2D eigenvalue weighted by Gasteiger charge is 2.41. The molecule has 2 fully saturated rings. The zero-order valence-corrected chi connectivity index (χ0v) is 13.2. The molecule has 2 saturated carbocycles. The number of hydrogen-bond acceptors (Lipinski definition) is 2. The number of amides is 1. The van der Waals surface area contributed by atoms with Crippen LogP contribution < -0.4 is 5.32 Å². The third-order valence-electron chi connectivity index (χ3n) is 5.24. The minimum absolute atomic E-state index is 0.117. The van der Waals surface area contributed by atoms with E-state index < -0.39 is 0 Å². The second-order valence-electron chi connectivity index (χ2n) is 7.41.